The zero-order valence-electron chi connectivity index (χ0n) is 9.27. The molecule has 0 N–H and O–H groups in total. The third-order valence-electron chi connectivity index (χ3n) is 3.59. The Bertz CT molecular complexity index is 369. The molecule has 0 radical (unpaired) electrons. The summed E-state index contributed by atoms with van der Waals surface area (Å²) in [5.41, 5.74) is 0.841. The van der Waals surface area contributed by atoms with Crippen molar-refractivity contribution in [3.05, 3.63) is 30.1 Å². The van der Waals surface area contributed by atoms with Gasteiger partial charge in [0.1, 0.15) is 0 Å². The molecule has 0 aliphatic heterocycles. The molecule has 0 unspecified atom stereocenters. The predicted molar refractivity (Wildman–Crippen MR) is 59.1 cm³/mol. The van der Waals surface area contributed by atoms with Gasteiger partial charge in [-0.15, -0.1) is 0 Å². The Kier molecular flexibility index (Phi) is 2.48. The lowest BCUT2D eigenvalue weighted by Gasteiger charge is -2.44. The Hall–Kier alpha value is -1.36. The molecule has 0 saturated heterocycles. The first-order valence-electron chi connectivity index (χ1n) is 5.50. The SMILES string of the molecule is CC(C)C1CC(C#N)(c2cccnc2)C1. The van der Waals surface area contributed by atoms with Gasteiger partial charge in [0.25, 0.3) is 0 Å². The van der Waals surface area contributed by atoms with Crippen LogP contribution in [0.15, 0.2) is 24.5 Å². The van der Waals surface area contributed by atoms with Gasteiger partial charge in [0.15, 0.2) is 0 Å². The van der Waals surface area contributed by atoms with Gasteiger partial charge in [-0.3, -0.25) is 4.98 Å². The Balaban J connectivity index is 2.19. The van der Waals surface area contributed by atoms with Crippen LogP contribution < -0.4 is 0 Å². The summed E-state index contributed by atoms with van der Waals surface area (Å²) in [6.07, 6.45) is 5.58. The van der Waals surface area contributed by atoms with Gasteiger partial charge in [0.05, 0.1) is 11.5 Å². The Labute approximate surface area is 91.0 Å². The van der Waals surface area contributed by atoms with Crippen LogP contribution in [0.2, 0.25) is 0 Å². The normalized spacial score (nSPS) is 29.6. The molecule has 1 aliphatic rings. The second kappa shape index (κ2) is 3.66. The molecule has 0 amide bonds. The molecule has 0 bridgehead atoms. The van der Waals surface area contributed by atoms with Crippen LogP contribution in [0, 0.1) is 23.2 Å². The van der Waals surface area contributed by atoms with Crippen molar-refractivity contribution in [3.63, 3.8) is 0 Å². The quantitative estimate of drug-likeness (QED) is 0.736. The smallest absolute Gasteiger partial charge is 0.0842 e. The highest BCUT2D eigenvalue weighted by molar-refractivity contribution is 5.34. The highest BCUT2D eigenvalue weighted by atomic mass is 14.6. The van der Waals surface area contributed by atoms with Crippen molar-refractivity contribution in [2.24, 2.45) is 11.8 Å². The van der Waals surface area contributed by atoms with Gasteiger partial charge in [-0.05, 0) is 36.3 Å². The van der Waals surface area contributed by atoms with Crippen molar-refractivity contribution in [2.45, 2.75) is 32.1 Å². The number of nitriles is 1. The van der Waals surface area contributed by atoms with Crippen LogP contribution in [0.3, 0.4) is 0 Å². The standard InChI is InChI=1S/C13H16N2/c1-10(2)11-6-13(7-11,9-14)12-4-3-5-15-8-12/h3-5,8,10-11H,6-7H2,1-2H3. The van der Waals surface area contributed by atoms with E-state index in [1.165, 1.54) is 0 Å². The van der Waals surface area contributed by atoms with Crippen molar-refractivity contribution in [2.75, 3.05) is 0 Å². The number of hydrogen-bond donors (Lipinski definition) is 0. The maximum atomic E-state index is 9.31. The first-order chi connectivity index (χ1) is 7.18. The van der Waals surface area contributed by atoms with E-state index >= 15 is 0 Å². The van der Waals surface area contributed by atoms with E-state index in [4.69, 9.17) is 0 Å². The molecule has 78 valence electrons. The first-order valence-corrected chi connectivity index (χ1v) is 5.50. The minimum absolute atomic E-state index is 0.247. The molecule has 1 saturated carbocycles. The van der Waals surface area contributed by atoms with E-state index < -0.39 is 0 Å². The summed E-state index contributed by atoms with van der Waals surface area (Å²) in [7, 11) is 0. The van der Waals surface area contributed by atoms with E-state index in [9.17, 15) is 5.26 Å². The topological polar surface area (TPSA) is 36.7 Å². The second-order valence-electron chi connectivity index (χ2n) is 4.85. The van der Waals surface area contributed by atoms with Crippen LogP contribution in [-0.4, -0.2) is 4.98 Å². The minimum Gasteiger partial charge on any atom is -0.264 e. The highest BCUT2D eigenvalue weighted by Gasteiger charge is 2.46. The molecule has 2 rings (SSSR count). The summed E-state index contributed by atoms with van der Waals surface area (Å²) in [4.78, 5) is 4.10. The van der Waals surface area contributed by atoms with Crippen LogP contribution in [0.25, 0.3) is 0 Å². The fourth-order valence-corrected chi connectivity index (χ4v) is 2.34. The lowest BCUT2D eigenvalue weighted by atomic mass is 9.57. The molecule has 1 fully saturated rings. The minimum atomic E-state index is -0.247. The van der Waals surface area contributed by atoms with Crippen LogP contribution in [0.1, 0.15) is 32.3 Å². The monoisotopic (exact) mass is 200 g/mol. The van der Waals surface area contributed by atoms with E-state index in [1.807, 2.05) is 18.3 Å². The number of nitrogens with zero attached hydrogens (tertiary/aromatic N) is 2. The third kappa shape index (κ3) is 1.63. The summed E-state index contributed by atoms with van der Waals surface area (Å²) in [5.74, 6) is 1.38. The van der Waals surface area contributed by atoms with E-state index in [-0.39, 0.29) is 5.41 Å². The third-order valence-corrected chi connectivity index (χ3v) is 3.59. The average Bonchev–Trinajstić information content (AvgIpc) is 2.18. The van der Waals surface area contributed by atoms with Gasteiger partial charge >= 0.3 is 0 Å². The van der Waals surface area contributed by atoms with Crippen LogP contribution in [-0.2, 0) is 5.41 Å². The highest BCUT2D eigenvalue weighted by Crippen LogP contribution is 2.49. The molecule has 0 spiro atoms. The summed E-state index contributed by atoms with van der Waals surface area (Å²) in [6.45, 7) is 4.46. The Morgan fingerprint density at radius 3 is 2.73 bits per heavy atom. The number of aromatic nitrogens is 1. The van der Waals surface area contributed by atoms with Crippen LogP contribution in [0.4, 0.5) is 0 Å². The lowest BCUT2D eigenvalue weighted by molar-refractivity contribution is 0.144. The Morgan fingerprint density at radius 2 is 2.27 bits per heavy atom. The van der Waals surface area contributed by atoms with E-state index in [1.54, 1.807) is 6.20 Å². The molecule has 1 aliphatic carbocycles. The summed E-state index contributed by atoms with van der Waals surface area (Å²) in [5, 5.41) is 9.31. The molecule has 2 heteroatoms. The first kappa shape index (κ1) is 10.2. The Morgan fingerprint density at radius 1 is 1.53 bits per heavy atom. The zero-order valence-corrected chi connectivity index (χ0v) is 9.27. The molecule has 15 heavy (non-hydrogen) atoms. The second-order valence-corrected chi connectivity index (χ2v) is 4.85. The van der Waals surface area contributed by atoms with Crippen molar-refractivity contribution in [3.8, 4) is 6.07 Å². The van der Waals surface area contributed by atoms with Crippen molar-refractivity contribution >= 4 is 0 Å². The lowest BCUT2D eigenvalue weighted by Crippen LogP contribution is -2.42. The number of rotatable bonds is 2. The average molecular weight is 200 g/mol. The van der Waals surface area contributed by atoms with Gasteiger partial charge in [-0.25, -0.2) is 0 Å². The molecule has 0 aromatic carbocycles. The molecule has 2 nitrogen and oxygen atoms in total. The molecular weight excluding hydrogens is 184 g/mol. The predicted octanol–water partition coefficient (Wildman–Crippen LogP) is 2.91. The fourth-order valence-electron chi connectivity index (χ4n) is 2.34. The van der Waals surface area contributed by atoms with Gasteiger partial charge < -0.3 is 0 Å². The zero-order chi connectivity index (χ0) is 10.9. The van der Waals surface area contributed by atoms with Gasteiger partial charge in [-0.1, -0.05) is 19.9 Å². The van der Waals surface area contributed by atoms with Crippen molar-refractivity contribution in [1.29, 1.82) is 5.26 Å². The van der Waals surface area contributed by atoms with Crippen molar-refractivity contribution < 1.29 is 0 Å². The number of pyridine rings is 1. The molecule has 0 atom stereocenters. The largest absolute Gasteiger partial charge is 0.264 e. The van der Waals surface area contributed by atoms with Crippen molar-refractivity contribution in [1.82, 2.24) is 4.98 Å². The van der Waals surface area contributed by atoms with Crippen LogP contribution >= 0.6 is 0 Å². The van der Waals surface area contributed by atoms with E-state index in [0.29, 0.717) is 11.8 Å². The van der Waals surface area contributed by atoms with Gasteiger partial charge in [0, 0.05) is 12.4 Å². The number of hydrogen-bond acceptors (Lipinski definition) is 2. The summed E-state index contributed by atoms with van der Waals surface area (Å²) < 4.78 is 0. The van der Waals surface area contributed by atoms with Gasteiger partial charge in [0.2, 0.25) is 0 Å². The molecular formula is C13H16N2. The van der Waals surface area contributed by atoms with Gasteiger partial charge in [-0.2, -0.15) is 5.26 Å². The van der Waals surface area contributed by atoms with E-state index in [0.717, 1.165) is 18.4 Å². The fraction of sp³-hybridized carbons (Fsp3) is 0.538. The maximum absolute atomic E-state index is 9.31. The summed E-state index contributed by atoms with van der Waals surface area (Å²) in [6, 6.07) is 6.41. The molecule has 1 aromatic rings. The molecule has 1 heterocycles. The molecule has 1 aromatic heterocycles. The van der Waals surface area contributed by atoms with E-state index in [2.05, 4.69) is 24.9 Å². The maximum Gasteiger partial charge on any atom is 0.0842 e. The van der Waals surface area contributed by atoms with Crippen LogP contribution in [0.5, 0.6) is 0 Å². The summed E-state index contributed by atoms with van der Waals surface area (Å²) >= 11 is 0.